The number of carbonyl (C=O) groups is 1. The van der Waals surface area contributed by atoms with Gasteiger partial charge < -0.3 is 9.47 Å². The first-order valence-corrected chi connectivity index (χ1v) is 7.51. The predicted octanol–water partition coefficient (Wildman–Crippen LogP) is 2.95. The minimum Gasteiger partial charge on any atom is -0.496 e. The molecule has 1 amide bonds. The summed E-state index contributed by atoms with van der Waals surface area (Å²) in [6, 6.07) is 14.9. The van der Waals surface area contributed by atoms with Crippen molar-refractivity contribution in [2.45, 2.75) is 6.42 Å². The van der Waals surface area contributed by atoms with Crippen LogP contribution in [0.25, 0.3) is 0 Å². The van der Waals surface area contributed by atoms with Crippen LogP contribution < -0.4 is 14.9 Å². The van der Waals surface area contributed by atoms with Crippen LogP contribution in [0.4, 0.5) is 0 Å². The Kier molecular flexibility index (Phi) is 6.58. The van der Waals surface area contributed by atoms with E-state index >= 15 is 0 Å². The monoisotopic (exact) mass is 324 g/mol. The van der Waals surface area contributed by atoms with Crippen LogP contribution in [0.3, 0.4) is 0 Å². The second-order valence-electron chi connectivity index (χ2n) is 4.92. The third-order valence-corrected chi connectivity index (χ3v) is 3.23. The maximum Gasteiger partial charge on any atom is 0.277 e. The van der Waals surface area contributed by atoms with E-state index in [1.54, 1.807) is 13.2 Å². The van der Waals surface area contributed by atoms with E-state index in [0.29, 0.717) is 17.9 Å². The first kappa shape index (κ1) is 17.3. The maximum absolute atomic E-state index is 11.8. The number of methoxy groups -OCH3 is 1. The molecule has 0 aliphatic carbocycles. The van der Waals surface area contributed by atoms with Gasteiger partial charge in [-0.25, -0.2) is 5.43 Å². The lowest BCUT2D eigenvalue weighted by atomic mass is 10.1. The van der Waals surface area contributed by atoms with Gasteiger partial charge in [-0.1, -0.05) is 36.4 Å². The van der Waals surface area contributed by atoms with Crippen molar-refractivity contribution >= 4 is 12.1 Å². The third-order valence-electron chi connectivity index (χ3n) is 3.23. The summed E-state index contributed by atoms with van der Waals surface area (Å²) in [5.74, 6) is 1.01. The van der Waals surface area contributed by atoms with Gasteiger partial charge in [0, 0.05) is 5.56 Å². The zero-order valence-electron chi connectivity index (χ0n) is 13.6. The number of allylic oxidation sites excluding steroid dienone is 1. The third kappa shape index (κ3) is 4.98. The largest absolute Gasteiger partial charge is 0.496 e. The van der Waals surface area contributed by atoms with Gasteiger partial charge in [-0.3, -0.25) is 4.79 Å². The van der Waals surface area contributed by atoms with Crippen molar-refractivity contribution in [3.05, 3.63) is 72.3 Å². The summed E-state index contributed by atoms with van der Waals surface area (Å²) in [5, 5.41) is 3.92. The number of para-hydroxylation sites is 2. The molecule has 24 heavy (non-hydrogen) atoms. The molecule has 0 aromatic heterocycles. The van der Waals surface area contributed by atoms with Gasteiger partial charge in [0.25, 0.3) is 5.91 Å². The van der Waals surface area contributed by atoms with Crippen LogP contribution in [0.2, 0.25) is 0 Å². The maximum atomic E-state index is 11.8. The van der Waals surface area contributed by atoms with Crippen LogP contribution in [0, 0.1) is 0 Å². The van der Waals surface area contributed by atoms with E-state index in [2.05, 4.69) is 17.1 Å². The lowest BCUT2D eigenvalue weighted by molar-refractivity contribution is -0.123. The van der Waals surface area contributed by atoms with Crippen molar-refractivity contribution in [2.75, 3.05) is 13.7 Å². The van der Waals surface area contributed by atoms with Gasteiger partial charge in [0.1, 0.15) is 11.5 Å². The van der Waals surface area contributed by atoms with E-state index in [9.17, 15) is 4.79 Å². The Bertz CT molecular complexity index is 726. The molecule has 1 N–H and O–H groups in total. The Labute approximate surface area is 141 Å². The molecule has 0 aliphatic rings. The summed E-state index contributed by atoms with van der Waals surface area (Å²) < 4.78 is 10.7. The standard InChI is InChI=1S/C19H20N2O3/c1-3-8-15-9-4-7-12-18(15)24-14-19(22)21-20-13-16-10-5-6-11-17(16)23-2/h3-7,9-13H,1,8,14H2,2H3,(H,21,22). The van der Waals surface area contributed by atoms with E-state index in [1.807, 2.05) is 48.5 Å². The van der Waals surface area contributed by atoms with Crippen molar-refractivity contribution in [3.63, 3.8) is 0 Å². The fourth-order valence-electron chi connectivity index (χ4n) is 2.09. The number of amides is 1. The van der Waals surface area contributed by atoms with Gasteiger partial charge in [0.05, 0.1) is 13.3 Å². The summed E-state index contributed by atoms with van der Waals surface area (Å²) in [6.07, 6.45) is 4.01. The van der Waals surface area contributed by atoms with Crippen molar-refractivity contribution in [2.24, 2.45) is 5.10 Å². The Morgan fingerprint density at radius 3 is 2.62 bits per heavy atom. The molecule has 2 aromatic carbocycles. The number of carbonyl (C=O) groups excluding carboxylic acids is 1. The number of nitrogens with one attached hydrogen (secondary N) is 1. The molecule has 0 bridgehead atoms. The van der Waals surface area contributed by atoms with E-state index in [-0.39, 0.29) is 12.5 Å². The highest BCUT2D eigenvalue weighted by Crippen LogP contribution is 2.18. The molecule has 5 nitrogen and oxygen atoms in total. The molecule has 2 aromatic rings. The Balaban J connectivity index is 1.88. The average Bonchev–Trinajstić information content (AvgIpc) is 2.61. The summed E-state index contributed by atoms with van der Waals surface area (Å²) >= 11 is 0. The van der Waals surface area contributed by atoms with Crippen molar-refractivity contribution in [1.29, 1.82) is 0 Å². The molecule has 0 fully saturated rings. The lowest BCUT2D eigenvalue weighted by Crippen LogP contribution is -2.24. The van der Waals surface area contributed by atoms with Gasteiger partial charge in [-0.05, 0) is 30.2 Å². The molecular formula is C19H20N2O3. The summed E-state index contributed by atoms with van der Waals surface area (Å²) in [7, 11) is 1.58. The van der Waals surface area contributed by atoms with Gasteiger partial charge in [0.15, 0.2) is 6.61 Å². The summed E-state index contributed by atoms with van der Waals surface area (Å²) in [6.45, 7) is 3.60. The highest BCUT2D eigenvalue weighted by Gasteiger charge is 2.05. The quantitative estimate of drug-likeness (QED) is 0.461. The SMILES string of the molecule is C=CCc1ccccc1OCC(=O)NN=Cc1ccccc1OC. The molecule has 0 atom stereocenters. The van der Waals surface area contributed by atoms with Gasteiger partial charge >= 0.3 is 0 Å². The van der Waals surface area contributed by atoms with Gasteiger partial charge in [0.2, 0.25) is 0 Å². The van der Waals surface area contributed by atoms with Crippen molar-refractivity contribution in [1.82, 2.24) is 5.43 Å². The number of benzene rings is 2. The highest BCUT2D eigenvalue weighted by molar-refractivity contribution is 5.85. The second-order valence-corrected chi connectivity index (χ2v) is 4.92. The average molecular weight is 324 g/mol. The molecule has 2 rings (SSSR count). The minimum atomic E-state index is -0.338. The number of hydrogen-bond acceptors (Lipinski definition) is 4. The molecule has 5 heteroatoms. The molecule has 0 heterocycles. The zero-order chi connectivity index (χ0) is 17.2. The highest BCUT2D eigenvalue weighted by atomic mass is 16.5. The molecule has 0 aliphatic heterocycles. The van der Waals surface area contributed by atoms with Crippen molar-refractivity contribution < 1.29 is 14.3 Å². The molecule has 0 spiro atoms. The normalized spacial score (nSPS) is 10.4. The fourth-order valence-corrected chi connectivity index (χ4v) is 2.09. The van der Waals surface area contributed by atoms with Crippen LogP contribution in [0.1, 0.15) is 11.1 Å². The van der Waals surface area contributed by atoms with Gasteiger partial charge in [-0.15, -0.1) is 6.58 Å². The summed E-state index contributed by atoms with van der Waals surface area (Å²) in [4.78, 5) is 11.8. The van der Waals surface area contributed by atoms with Crippen LogP contribution in [-0.2, 0) is 11.2 Å². The number of ether oxygens (including phenoxy) is 2. The predicted molar refractivity (Wildman–Crippen MR) is 94.6 cm³/mol. The van der Waals surface area contributed by atoms with Gasteiger partial charge in [-0.2, -0.15) is 5.10 Å². The lowest BCUT2D eigenvalue weighted by Gasteiger charge is -2.09. The first-order valence-electron chi connectivity index (χ1n) is 7.51. The first-order chi connectivity index (χ1) is 11.7. The Morgan fingerprint density at radius 2 is 1.88 bits per heavy atom. The van der Waals surface area contributed by atoms with Crippen LogP contribution in [0.15, 0.2) is 66.3 Å². The molecule has 124 valence electrons. The molecule has 0 unspecified atom stereocenters. The fraction of sp³-hybridized carbons (Fsp3) is 0.158. The second kappa shape index (κ2) is 9.15. The number of rotatable bonds is 8. The van der Waals surface area contributed by atoms with E-state index in [4.69, 9.17) is 9.47 Å². The minimum absolute atomic E-state index is 0.114. The number of nitrogens with zero attached hydrogens (tertiary/aromatic N) is 1. The topological polar surface area (TPSA) is 59.9 Å². The Morgan fingerprint density at radius 1 is 1.17 bits per heavy atom. The molecule has 0 saturated heterocycles. The zero-order valence-corrected chi connectivity index (χ0v) is 13.6. The van der Waals surface area contributed by atoms with Crippen LogP contribution in [-0.4, -0.2) is 25.8 Å². The Hall–Kier alpha value is -3.08. The molecular weight excluding hydrogens is 304 g/mol. The number of hydrogen-bond donors (Lipinski definition) is 1. The smallest absolute Gasteiger partial charge is 0.277 e. The molecule has 0 saturated carbocycles. The van der Waals surface area contributed by atoms with E-state index in [1.165, 1.54) is 6.21 Å². The van der Waals surface area contributed by atoms with Crippen LogP contribution in [0.5, 0.6) is 11.5 Å². The van der Waals surface area contributed by atoms with Crippen LogP contribution >= 0.6 is 0 Å². The van der Waals surface area contributed by atoms with Crippen molar-refractivity contribution in [3.8, 4) is 11.5 Å². The number of hydrazone groups is 1. The van der Waals surface area contributed by atoms with E-state index in [0.717, 1.165) is 11.1 Å². The van der Waals surface area contributed by atoms with E-state index < -0.39 is 0 Å². The molecule has 0 radical (unpaired) electrons. The summed E-state index contributed by atoms with van der Waals surface area (Å²) in [5.41, 5.74) is 4.19.